The molecule has 0 aliphatic carbocycles. The van der Waals surface area contributed by atoms with Gasteiger partial charge in [0.25, 0.3) is 0 Å². The summed E-state index contributed by atoms with van der Waals surface area (Å²) in [4.78, 5) is 8.47. The topological polar surface area (TPSA) is 77.5 Å². The van der Waals surface area contributed by atoms with Crippen molar-refractivity contribution in [2.75, 3.05) is 12.4 Å². The summed E-state index contributed by atoms with van der Waals surface area (Å²) in [5.41, 5.74) is 9.08. The molecule has 0 atom stereocenters. The molecule has 0 radical (unpaired) electrons. The highest BCUT2D eigenvalue weighted by atomic mass is 16.5. The maximum absolute atomic E-state index is 6.00. The first-order chi connectivity index (χ1) is 12.2. The third kappa shape index (κ3) is 4.60. The summed E-state index contributed by atoms with van der Waals surface area (Å²) in [6, 6.07) is 15.9. The Labute approximate surface area is 147 Å². The number of nitrogens with two attached hydrogens (primary N) is 1. The smallest absolute Gasteiger partial charge is 0.193 e. The average Bonchev–Trinajstić information content (AvgIpc) is 3.14. The highest BCUT2D eigenvalue weighted by Crippen LogP contribution is 2.22. The number of guanidine groups is 1. The summed E-state index contributed by atoms with van der Waals surface area (Å²) in [5, 5.41) is 3.07. The van der Waals surface area contributed by atoms with Crippen molar-refractivity contribution in [1.29, 1.82) is 0 Å². The van der Waals surface area contributed by atoms with Gasteiger partial charge in [0.1, 0.15) is 5.75 Å². The van der Waals surface area contributed by atoms with Crippen LogP contribution in [0, 0.1) is 0 Å². The molecule has 0 saturated carbocycles. The lowest BCUT2D eigenvalue weighted by Crippen LogP contribution is -2.22. The van der Waals surface area contributed by atoms with Gasteiger partial charge in [0, 0.05) is 18.9 Å². The van der Waals surface area contributed by atoms with Gasteiger partial charge in [0.05, 0.1) is 25.7 Å². The Balaban J connectivity index is 1.64. The van der Waals surface area contributed by atoms with Gasteiger partial charge in [0.2, 0.25) is 0 Å². The lowest BCUT2D eigenvalue weighted by molar-refractivity contribution is 0.417. The molecular formula is C19H21N5O. The summed E-state index contributed by atoms with van der Waals surface area (Å²) in [5.74, 6) is 1.08. The lowest BCUT2D eigenvalue weighted by Gasteiger charge is -2.10. The largest absolute Gasteiger partial charge is 0.495 e. The second kappa shape index (κ2) is 8.01. The molecule has 0 aliphatic rings. The molecule has 0 spiro atoms. The molecule has 0 fully saturated rings. The number of imidazole rings is 1. The highest BCUT2D eigenvalue weighted by molar-refractivity contribution is 5.93. The van der Waals surface area contributed by atoms with E-state index in [2.05, 4.69) is 27.4 Å². The first-order valence-electron chi connectivity index (χ1n) is 7.98. The molecule has 2 aromatic carbocycles. The first kappa shape index (κ1) is 16.6. The predicted molar refractivity (Wildman–Crippen MR) is 99.7 cm³/mol. The number of hydrogen-bond acceptors (Lipinski definition) is 3. The van der Waals surface area contributed by atoms with E-state index in [-0.39, 0.29) is 0 Å². The molecule has 25 heavy (non-hydrogen) atoms. The number of benzene rings is 2. The number of aromatic nitrogens is 2. The number of ether oxygens (including phenoxy) is 1. The number of hydrogen-bond donors (Lipinski definition) is 2. The molecule has 0 amide bonds. The first-order valence-corrected chi connectivity index (χ1v) is 7.98. The summed E-state index contributed by atoms with van der Waals surface area (Å²) in [6.45, 7) is 1.29. The molecule has 3 N–H and O–H groups in total. The molecule has 3 aromatic rings. The van der Waals surface area contributed by atoms with Gasteiger partial charge in [-0.05, 0) is 23.3 Å². The van der Waals surface area contributed by atoms with Gasteiger partial charge < -0.3 is 20.4 Å². The van der Waals surface area contributed by atoms with E-state index in [0.29, 0.717) is 12.5 Å². The monoisotopic (exact) mass is 335 g/mol. The molecule has 1 heterocycles. The fraction of sp³-hybridized carbons (Fsp3) is 0.158. The quantitative estimate of drug-likeness (QED) is 0.536. The van der Waals surface area contributed by atoms with Crippen LogP contribution in [0.3, 0.4) is 0 Å². The Hall–Kier alpha value is -3.28. The summed E-state index contributed by atoms with van der Waals surface area (Å²) >= 11 is 0. The van der Waals surface area contributed by atoms with Crippen LogP contribution in [0.25, 0.3) is 0 Å². The van der Waals surface area contributed by atoms with Crippen molar-refractivity contribution in [1.82, 2.24) is 9.55 Å². The van der Waals surface area contributed by atoms with E-state index in [4.69, 9.17) is 10.5 Å². The van der Waals surface area contributed by atoms with Crippen LogP contribution in [0.2, 0.25) is 0 Å². The van der Waals surface area contributed by atoms with Crippen molar-refractivity contribution in [3.8, 4) is 5.75 Å². The van der Waals surface area contributed by atoms with Crippen LogP contribution >= 0.6 is 0 Å². The molecule has 128 valence electrons. The molecule has 0 saturated heterocycles. The van der Waals surface area contributed by atoms with Gasteiger partial charge in [-0.25, -0.2) is 9.98 Å². The third-order valence-electron chi connectivity index (χ3n) is 3.72. The lowest BCUT2D eigenvalue weighted by atomic mass is 10.1. The van der Waals surface area contributed by atoms with Crippen LogP contribution in [0.1, 0.15) is 11.1 Å². The molecular weight excluding hydrogens is 314 g/mol. The van der Waals surface area contributed by atoms with E-state index < -0.39 is 0 Å². The second-order valence-electron chi connectivity index (χ2n) is 5.58. The molecule has 3 rings (SSSR count). The minimum absolute atomic E-state index is 0.351. The minimum atomic E-state index is 0.351. The molecule has 0 aliphatic heterocycles. The third-order valence-corrected chi connectivity index (χ3v) is 3.72. The molecule has 6 heteroatoms. The molecule has 0 bridgehead atoms. The number of anilines is 1. The van der Waals surface area contributed by atoms with Gasteiger partial charge in [-0.1, -0.05) is 36.4 Å². The van der Waals surface area contributed by atoms with E-state index in [1.165, 1.54) is 5.56 Å². The van der Waals surface area contributed by atoms with Crippen molar-refractivity contribution in [3.63, 3.8) is 0 Å². The van der Waals surface area contributed by atoms with Crippen LogP contribution in [0.5, 0.6) is 5.75 Å². The van der Waals surface area contributed by atoms with Gasteiger partial charge in [-0.2, -0.15) is 0 Å². The zero-order valence-corrected chi connectivity index (χ0v) is 14.1. The van der Waals surface area contributed by atoms with Crippen molar-refractivity contribution in [2.24, 2.45) is 10.7 Å². The Bertz CT molecular complexity index is 843. The summed E-state index contributed by atoms with van der Waals surface area (Å²) in [7, 11) is 1.62. The Morgan fingerprint density at radius 2 is 2.04 bits per heavy atom. The van der Waals surface area contributed by atoms with Gasteiger partial charge >= 0.3 is 0 Å². The van der Waals surface area contributed by atoms with Crippen molar-refractivity contribution >= 4 is 11.6 Å². The fourth-order valence-electron chi connectivity index (χ4n) is 2.52. The van der Waals surface area contributed by atoms with E-state index in [9.17, 15) is 0 Å². The predicted octanol–water partition coefficient (Wildman–Crippen LogP) is 2.87. The molecule has 0 unspecified atom stereocenters. The van der Waals surface area contributed by atoms with Crippen LogP contribution in [-0.4, -0.2) is 22.6 Å². The summed E-state index contributed by atoms with van der Waals surface area (Å²) < 4.78 is 7.32. The van der Waals surface area contributed by atoms with E-state index in [1.54, 1.807) is 19.6 Å². The number of para-hydroxylation sites is 2. The number of rotatable bonds is 6. The van der Waals surface area contributed by atoms with Crippen molar-refractivity contribution < 1.29 is 4.74 Å². The van der Waals surface area contributed by atoms with Crippen LogP contribution < -0.4 is 15.8 Å². The normalized spacial score (nSPS) is 11.3. The maximum Gasteiger partial charge on any atom is 0.193 e. The van der Waals surface area contributed by atoms with Gasteiger partial charge in [-0.3, -0.25) is 0 Å². The molecule has 1 aromatic heterocycles. The van der Waals surface area contributed by atoms with Crippen LogP contribution in [-0.2, 0) is 13.1 Å². The second-order valence-corrected chi connectivity index (χ2v) is 5.58. The van der Waals surface area contributed by atoms with Gasteiger partial charge in [0.15, 0.2) is 5.96 Å². The zero-order valence-electron chi connectivity index (χ0n) is 14.1. The fourth-order valence-corrected chi connectivity index (χ4v) is 2.52. The van der Waals surface area contributed by atoms with Crippen LogP contribution in [0.4, 0.5) is 5.69 Å². The zero-order chi connectivity index (χ0) is 17.5. The van der Waals surface area contributed by atoms with Crippen molar-refractivity contribution in [2.45, 2.75) is 13.1 Å². The Kier molecular flexibility index (Phi) is 5.31. The Morgan fingerprint density at radius 1 is 1.20 bits per heavy atom. The minimum Gasteiger partial charge on any atom is -0.495 e. The number of nitrogens with zero attached hydrogens (tertiary/aromatic N) is 3. The number of aliphatic imine (C=N–C) groups is 1. The van der Waals surface area contributed by atoms with E-state index in [1.807, 2.05) is 47.2 Å². The molecule has 6 nitrogen and oxygen atoms in total. The number of nitrogens with one attached hydrogen (secondary N) is 1. The maximum atomic E-state index is 6.00. The van der Waals surface area contributed by atoms with E-state index >= 15 is 0 Å². The summed E-state index contributed by atoms with van der Waals surface area (Å²) in [6.07, 6.45) is 5.53. The number of methoxy groups -OCH3 is 1. The van der Waals surface area contributed by atoms with Gasteiger partial charge in [-0.15, -0.1) is 0 Å². The Morgan fingerprint density at radius 3 is 2.84 bits per heavy atom. The van der Waals surface area contributed by atoms with Crippen LogP contribution in [0.15, 0.2) is 72.2 Å². The highest BCUT2D eigenvalue weighted by Gasteiger charge is 2.02. The SMILES string of the molecule is COc1ccccc1NC(N)=NCc1cccc(Cn2ccnc2)c1. The van der Waals surface area contributed by atoms with Crippen molar-refractivity contribution in [3.05, 3.63) is 78.4 Å². The standard InChI is InChI=1S/C19H21N5O/c1-25-18-8-3-2-7-17(18)23-19(20)22-12-15-5-4-6-16(11-15)13-24-10-9-21-14-24/h2-11,14H,12-13H2,1H3,(H3,20,22,23). The average molecular weight is 335 g/mol. The van der Waals surface area contributed by atoms with E-state index in [0.717, 1.165) is 23.5 Å².